The van der Waals surface area contributed by atoms with Gasteiger partial charge in [-0.1, -0.05) is 0 Å². The van der Waals surface area contributed by atoms with Crippen molar-refractivity contribution in [2.24, 2.45) is 0 Å². The van der Waals surface area contributed by atoms with Gasteiger partial charge in [-0.25, -0.2) is 0 Å². The number of carbonyl (C=O) groups is 1. The van der Waals surface area contributed by atoms with Crippen LogP contribution in [0.25, 0.3) is 0 Å². The van der Waals surface area contributed by atoms with E-state index in [9.17, 15) is 15.0 Å². The number of aliphatic hydroxyl groups is 1. The van der Waals surface area contributed by atoms with E-state index in [0.29, 0.717) is 46.9 Å². The fraction of sp³-hybridized carbons (Fsp3) is 0.350. The van der Waals surface area contributed by atoms with E-state index < -0.39 is 11.6 Å². The number of Topliss-reactive ketones (excluding diaryl/α,β-unsaturated/α-hetero) is 1. The van der Waals surface area contributed by atoms with Gasteiger partial charge in [-0.05, 0) is 48.9 Å². The molecule has 2 aromatic rings. The lowest BCUT2D eigenvalue weighted by atomic mass is 9.76. The summed E-state index contributed by atoms with van der Waals surface area (Å²) in [5.74, 6) is 1.02. The van der Waals surface area contributed by atoms with Crippen molar-refractivity contribution in [3.05, 3.63) is 46.5 Å². The summed E-state index contributed by atoms with van der Waals surface area (Å²) in [5, 5.41) is 21.8. The zero-order valence-corrected chi connectivity index (χ0v) is 15.0. The van der Waals surface area contributed by atoms with Crippen molar-refractivity contribution in [3.63, 3.8) is 0 Å². The highest BCUT2D eigenvalue weighted by molar-refractivity contribution is 6.10. The molecular formula is C20H19NO6. The molecule has 0 saturated heterocycles. The van der Waals surface area contributed by atoms with Gasteiger partial charge in [0.25, 0.3) is 0 Å². The van der Waals surface area contributed by atoms with E-state index in [-0.39, 0.29) is 18.3 Å². The molecule has 27 heavy (non-hydrogen) atoms. The number of phenols is 1. The number of carbonyl (C=O) groups excluding carboxylic acids is 1. The van der Waals surface area contributed by atoms with Gasteiger partial charge in [0, 0.05) is 17.7 Å². The normalized spacial score (nSPS) is 25.6. The molecule has 2 atom stereocenters. The second-order valence-electron chi connectivity index (χ2n) is 7.11. The minimum absolute atomic E-state index is 0.0596. The van der Waals surface area contributed by atoms with E-state index in [1.165, 1.54) is 13.2 Å². The van der Waals surface area contributed by atoms with Crippen LogP contribution < -0.4 is 14.2 Å². The van der Waals surface area contributed by atoms with Crippen molar-refractivity contribution in [1.29, 1.82) is 0 Å². The first-order valence-corrected chi connectivity index (χ1v) is 8.77. The van der Waals surface area contributed by atoms with Crippen molar-refractivity contribution in [2.45, 2.75) is 18.1 Å². The van der Waals surface area contributed by atoms with Gasteiger partial charge in [-0.3, -0.25) is 9.69 Å². The Morgan fingerprint density at radius 3 is 2.89 bits per heavy atom. The van der Waals surface area contributed by atoms with Crippen LogP contribution in [0.15, 0.2) is 24.3 Å². The second-order valence-corrected chi connectivity index (χ2v) is 7.11. The SMILES string of the molecule is COc1cc2c(cc1O)[C@@]1(C(=O)c3ccc4c(c3[C@H]1O)OCO4)N(C)CC2. The molecule has 1 spiro atoms. The van der Waals surface area contributed by atoms with Crippen LogP contribution in [0.3, 0.4) is 0 Å². The highest BCUT2D eigenvalue weighted by atomic mass is 16.7. The third kappa shape index (κ3) is 1.85. The summed E-state index contributed by atoms with van der Waals surface area (Å²) in [6.45, 7) is 0.640. The molecule has 2 heterocycles. The summed E-state index contributed by atoms with van der Waals surface area (Å²) in [4.78, 5) is 15.5. The summed E-state index contributed by atoms with van der Waals surface area (Å²) in [7, 11) is 3.30. The lowest BCUT2D eigenvalue weighted by Gasteiger charge is -2.45. The third-order valence-corrected chi connectivity index (χ3v) is 5.97. The average Bonchev–Trinajstić information content (AvgIpc) is 3.22. The van der Waals surface area contributed by atoms with Crippen molar-refractivity contribution in [1.82, 2.24) is 4.90 Å². The molecular weight excluding hydrogens is 350 g/mol. The van der Waals surface area contributed by atoms with Crippen LogP contribution in [-0.4, -0.2) is 48.4 Å². The van der Waals surface area contributed by atoms with E-state index in [2.05, 4.69) is 0 Å². The monoisotopic (exact) mass is 369 g/mol. The van der Waals surface area contributed by atoms with Gasteiger partial charge < -0.3 is 24.4 Å². The van der Waals surface area contributed by atoms with Gasteiger partial charge in [-0.15, -0.1) is 0 Å². The second kappa shape index (κ2) is 5.37. The fourth-order valence-corrected chi connectivity index (χ4v) is 4.66. The Morgan fingerprint density at radius 1 is 1.30 bits per heavy atom. The summed E-state index contributed by atoms with van der Waals surface area (Å²) in [6.07, 6.45) is -0.466. The number of benzene rings is 2. The summed E-state index contributed by atoms with van der Waals surface area (Å²) < 4.78 is 16.2. The Balaban J connectivity index is 1.78. The smallest absolute Gasteiger partial charge is 0.231 e. The predicted octanol–water partition coefficient (Wildman–Crippen LogP) is 1.74. The van der Waals surface area contributed by atoms with E-state index in [1.54, 1.807) is 18.2 Å². The zero-order valence-electron chi connectivity index (χ0n) is 15.0. The van der Waals surface area contributed by atoms with Crippen molar-refractivity contribution in [3.8, 4) is 23.0 Å². The number of fused-ring (bicyclic) bond motifs is 5. The maximum Gasteiger partial charge on any atom is 0.231 e. The minimum Gasteiger partial charge on any atom is -0.504 e. The van der Waals surface area contributed by atoms with Crippen molar-refractivity contribution < 1.29 is 29.2 Å². The summed E-state index contributed by atoms with van der Waals surface area (Å²) >= 11 is 0. The number of ketones is 1. The first kappa shape index (κ1) is 16.4. The Kier molecular flexibility index (Phi) is 3.26. The molecule has 2 N–H and O–H groups in total. The molecule has 0 radical (unpaired) electrons. The van der Waals surface area contributed by atoms with Gasteiger partial charge >= 0.3 is 0 Å². The Labute approximate surface area is 155 Å². The van der Waals surface area contributed by atoms with Crippen molar-refractivity contribution in [2.75, 3.05) is 27.5 Å². The molecule has 1 aliphatic carbocycles. The standard InChI is InChI=1S/C20H19NO6/c1-21-6-5-10-7-15(25-2)13(22)8-12(10)20(21)18(23)11-3-4-14-17(27-9-26-14)16(11)19(20)24/h3-4,7-8,19,22,24H,5-6,9H2,1-2H3/t19-,20+/m1/s1. The number of phenolic OH excluding ortho intramolecular Hbond substituents is 1. The van der Waals surface area contributed by atoms with Crippen LogP contribution >= 0.6 is 0 Å². The predicted molar refractivity (Wildman–Crippen MR) is 94.5 cm³/mol. The number of hydrogen-bond donors (Lipinski definition) is 2. The van der Waals surface area contributed by atoms with E-state index >= 15 is 0 Å². The Morgan fingerprint density at radius 2 is 2.11 bits per heavy atom. The minimum atomic E-state index is -1.32. The van der Waals surface area contributed by atoms with Gasteiger partial charge in [0.15, 0.2) is 28.8 Å². The molecule has 0 unspecified atom stereocenters. The van der Waals surface area contributed by atoms with Crippen LogP contribution in [0.5, 0.6) is 23.0 Å². The zero-order chi connectivity index (χ0) is 18.9. The highest BCUT2D eigenvalue weighted by Crippen LogP contribution is 2.57. The van der Waals surface area contributed by atoms with E-state index in [1.807, 2.05) is 11.9 Å². The summed E-state index contributed by atoms with van der Waals surface area (Å²) in [6, 6.07) is 6.65. The maximum atomic E-state index is 13.6. The van der Waals surface area contributed by atoms with Gasteiger partial charge in [-0.2, -0.15) is 0 Å². The number of methoxy groups -OCH3 is 1. The van der Waals surface area contributed by atoms with E-state index in [4.69, 9.17) is 14.2 Å². The molecule has 0 aromatic heterocycles. The first-order valence-electron chi connectivity index (χ1n) is 8.77. The number of ether oxygens (including phenoxy) is 3. The van der Waals surface area contributed by atoms with Gasteiger partial charge in [0.2, 0.25) is 6.79 Å². The summed E-state index contributed by atoms with van der Waals surface area (Å²) in [5.41, 5.74) is 1.01. The topological polar surface area (TPSA) is 88.5 Å². The largest absolute Gasteiger partial charge is 0.504 e. The molecule has 7 heteroatoms. The maximum absolute atomic E-state index is 13.6. The molecule has 0 saturated carbocycles. The van der Waals surface area contributed by atoms with Crippen LogP contribution in [0.2, 0.25) is 0 Å². The highest BCUT2D eigenvalue weighted by Gasteiger charge is 2.60. The molecule has 140 valence electrons. The lowest BCUT2D eigenvalue weighted by Crippen LogP contribution is -2.54. The quantitative estimate of drug-likeness (QED) is 0.792. The van der Waals surface area contributed by atoms with Crippen LogP contribution in [-0.2, 0) is 12.0 Å². The Bertz CT molecular complexity index is 987. The molecule has 7 nitrogen and oxygen atoms in total. The number of aliphatic hydroxyl groups excluding tert-OH is 1. The molecule has 0 amide bonds. The number of aromatic hydroxyl groups is 1. The van der Waals surface area contributed by atoms with Crippen molar-refractivity contribution >= 4 is 5.78 Å². The molecule has 0 bridgehead atoms. The first-order chi connectivity index (χ1) is 13.0. The van der Waals surface area contributed by atoms with Crippen LogP contribution in [0.4, 0.5) is 0 Å². The lowest BCUT2D eigenvalue weighted by molar-refractivity contribution is -0.00851. The number of likely N-dealkylation sites (N-methyl/N-ethyl adjacent to an activating group) is 1. The van der Waals surface area contributed by atoms with Crippen LogP contribution in [0.1, 0.15) is 33.2 Å². The number of rotatable bonds is 1. The third-order valence-electron chi connectivity index (χ3n) is 5.97. The number of hydrogen-bond acceptors (Lipinski definition) is 7. The fourth-order valence-electron chi connectivity index (χ4n) is 4.66. The Hall–Kier alpha value is -2.77. The van der Waals surface area contributed by atoms with Gasteiger partial charge in [0.05, 0.1) is 7.11 Å². The number of nitrogens with zero attached hydrogens (tertiary/aromatic N) is 1. The molecule has 2 aromatic carbocycles. The molecule has 0 fully saturated rings. The molecule has 2 aliphatic heterocycles. The van der Waals surface area contributed by atoms with E-state index in [0.717, 1.165) is 5.56 Å². The molecule has 3 aliphatic rings. The van der Waals surface area contributed by atoms with Crippen LogP contribution in [0, 0.1) is 0 Å². The average molecular weight is 369 g/mol. The van der Waals surface area contributed by atoms with Gasteiger partial charge in [0.1, 0.15) is 11.6 Å². The molecule has 5 rings (SSSR count).